The minimum atomic E-state index is -0.429. The number of methoxy groups -OCH3 is 1. The molecule has 0 saturated heterocycles. The molecule has 2 aromatic rings. The SMILES string of the molecule is CNC(C)c1nnc(Nc2cc(OC)ccc2F)o1. The van der Waals surface area contributed by atoms with Crippen LogP contribution in [0.1, 0.15) is 18.9 Å². The van der Waals surface area contributed by atoms with Gasteiger partial charge in [0.25, 0.3) is 0 Å². The fourth-order valence-electron chi connectivity index (χ4n) is 1.43. The molecule has 0 radical (unpaired) electrons. The predicted molar refractivity (Wildman–Crippen MR) is 68.0 cm³/mol. The first-order chi connectivity index (χ1) is 9.13. The van der Waals surface area contributed by atoms with Gasteiger partial charge in [-0.25, -0.2) is 4.39 Å². The van der Waals surface area contributed by atoms with Crippen molar-refractivity contribution in [2.75, 3.05) is 19.5 Å². The van der Waals surface area contributed by atoms with Crippen LogP contribution in [0, 0.1) is 5.82 Å². The van der Waals surface area contributed by atoms with E-state index in [1.165, 1.54) is 25.3 Å². The van der Waals surface area contributed by atoms with Gasteiger partial charge in [0.1, 0.15) is 11.6 Å². The van der Waals surface area contributed by atoms with Gasteiger partial charge in [-0.1, -0.05) is 5.10 Å². The van der Waals surface area contributed by atoms with Crippen LogP contribution >= 0.6 is 0 Å². The molecule has 2 N–H and O–H groups in total. The maximum atomic E-state index is 13.6. The van der Waals surface area contributed by atoms with Crippen molar-refractivity contribution in [3.8, 4) is 5.75 Å². The number of hydrogen-bond donors (Lipinski definition) is 2. The second-order valence-electron chi connectivity index (χ2n) is 3.93. The third kappa shape index (κ3) is 3.00. The number of halogens is 1. The van der Waals surface area contributed by atoms with Gasteiger partial charge in [-0.15, -0.1) is 5.10 Å². The number of rotatable bonds is 5. The van der Waals surface area contributed by atoms with Crippen LogP contribution in [0.2, 0.25) is 0 Å². The highest BCUT2D eigenvalue weighted by Crippen LogP contribution is 2.24. The van der Waals surface area contributed by atoms with Gasteiger partial charge in [-0.2, -0.15) is 0 Å². The van der Waals surface area contributed by atoms with E-state index >= 15 is 0 Å². The monoisotopic (exact) mass is 266 g/mol. The van der Waals surface area contributed by atoms with Gasteiger partial charge in [0.15, 0.2) is 0 Å². The van der Waals surface area contributed by atoms with Gasteiger partial charge in [0, 0.05) is 6.07 Å². The Balaban J connectivity index is 2.19. The molecule has 7 heteroatoms. The van der Waals surface area contributed by atoms with Crippen LogP contribution < -0.4 is 15.4 Å². The smallest absolute Gasteiger partial charge is 0.320 e. The minimum Gasteiger partial charge on any atom is -0.497 e. The molecule has 0 saturated carbocycles. The molecular weight excluding hydrogens is 251 g/mol. The van der Waals surface area contributed by atoms with Gasteiger partial charge >= 0.3 is 6.01 Å². The zero-order valence-corrected chi connectivity index (χ0v) is 10.9. The average molecular weight is 266 g/mol. The molecule has 0 fully saturated rings. The molecule has 6 nitrogen and oxygen atoms in total. The van der Waals surface area contributed by atoms with E-state index < -0.39 is 5.82 Å². The van der Waals surface area contributed by atoms with Crippen molar-refractivity contribution in [3.63, 3.8) is 0 Å². The van der Waals surface area contributed by atoms with Crippen molar-refractivity contribution in [1.29, 1.82) is 0 Å². The van der Waals surface area contributed by atoms with E-state index in [-0.39, 0.29) is 17.7 Å². The molecule has 1 unspecified atom stereocenters. The van der Waals surface area contributed by atoms with Crippen molar-refractivity contribution < 1.29 is 13.5 Å². The summed E-state index contributed by atoms with van der Waals surface area (Å²) in [4.78, 5) is 0. The molecule has 0 bridgehead atoms. The largest absolute Gasteiger partial charge is 0.497 e. The zero-order chi connectivity index (χ0) is 13.8. The van der Waals surface area contributed by atoms with Gasteiger partial charge in [-0.05, 0) is 26.1 Å². The maximum absolute atomic E-state index is 13.6. The van der Waals surface area contributed by atoms with Crippen molar-refractivity contribution >= 4 is 11.7 Å². The average Bonchev–Trinajstić information content (AvgIpc) is 2.89. The summed E-state index contributed by atoms with van der Waals surface area (Å²) < 4.78 is 24.0. The van der Waals surface area contributed by atoms with E-state index in [1.807, 2.05) is 6.92 Å². The quantitative estimate of drug-likeness (QED) is 0.864. The summed E-state index contributed by atoms with van der Waals surface area (Å²) in [5.74, 6) is 0.530. The van der Waals surface area contributed by atoms with E-state index in [9.17, 15) is 4.39 Å². The van der Waals surface area contributed by atoms with E-state index in [0.717, 1.165) is 0 Å². The molecule has 1 atom stereocenters. The summed E-state index contributed by atoms with van der Waals surface area (Å²) in [6.45, 7) is 1.88. The lowest BCUT2D eigenvalue weighted by atomic mass is 10.3. The zero-order valence-electron chi connectivity index (χ0n) is 10.9. The molecule has 0 aliphatic rings. The topological polar surface area (TPSA) is 72.2 Å². The fraction of sp³-hybridized carbons (Fsp3) is 0.333. The Morgan fingerprint density at radius 2 is 2.16 bits per heavy atom. The second kappa shape index (κ2) is 5.66. The molecule has 1 heterocycles. The summed E-state index contributed by atoms with van der Waals surface area (Å²) in [6.07, 6.45) is 0. The molecule has 19 heavy (non-hydrogen) atoms. The Bertz CT molecular complexity index is 558. The lowest BCUT2D eigenvalue weighted by molar-refractivity contribution is 0.414. The third-order valence-corrected chi connectivity index (χ3v) is 2.66. The fourth-order valence-corrected chi connectivity index (χ4v) is 1.43. The Hall–Kier alpha value is -2.15. The number of anilines is 2. The molecule has 1 aromatic carbocycles. The van der Waals surface area contributed by atoms with E-state index in [0.29, 0.717) is 11.6 Å². The highest BCUT2D eigenvalue weighted by atomic mass is 19.1. The highest BCUT2D eigenvalue weighted by Gasteiger charge is 2.13. The second-order valence-corrected chi connectivity index (χ2v) is 3.93. The Kier molecular flexibility index (Phi) is 3.96. The number of hydrogen-bond acceptors (Lipinski definition) is 6. The summed E-state index contributed by atoms with van der Waals surface area (Å²) in [5, 5.41) is 13.4. The van der Waals surface area contributed by atoms with E-state index in [2.05, 4.69) is 20.8 Å². The van der Waals surface area contributed by atoms with Gasteiger partial charge in [-0.3, -0.25) is 0 Å². The Morgan fingerprint density at radius 1 is 1.37 bits per heavy atom. The van der Waals surface area contributed by atoms with Crippen LogP contribution in [-0.4, -0.2) is 24.4 Å². The van der Waals surface area contributed by atoms with Crippen LogP contribution in [0.4, 0.5) is 16.1 Å². The number of aromatic nitrogens is 2. The number of nitrogens with one attached hydrogen (secondary N) is 2. The lowest BCUT2D eigenvalue weighted by Gasteiger charge is -2.06. The first kappa shape index (κ1) is 13.3. The first-order valence-corrected chi connectivity index (χ1v) is 5.75. The van der Waals surface area contributed by atoms with Crippen molar-refractivity contribution in [2.45, 2.75) is 13.0 Å². The van der Waals surface area contributed by atoms with Gasteiger partial charge in [0.2, 0.25) is 5.89 Å². The van der Waals surface area contributed by atoms with Crippen LogP contribution in [0.15, 0.2) is 22.6 Å². The molecular formula is C12H15FN4O2. The molecule has 0 aliphatic heterocycles. The highest BCUT2D eigenvalue weighted by molar-refractivity contribution is 5.55. The van der Waals surface area contributed by atoms with Gasteiger partial charge in [0.05, 0.1) is 18.8 Å². The van der Waals surface area contributed by atoms with Crippen LogP contribution in [0.25, 0.3) is 0 Å². The maximum Gasteiger partial charge on any atom is 0.320 e. The third-order valence-electron chi connectivity index (χ3n) is 2.66. The number of nitrogens with zero attached hydrogens (tertiary/aromatic N) is 2. The molecule has 0 spiro atoms. The molecule has 1 aromatic heterocycles. The molecule has 2 rings (SSSR count). The standard InChI is InChI=1S/C12H15FN4O2/c1-7(14-2)11-16-17-12(19-11)15-10-6-8(18-3)4-5-9(10)13/h4-7,14H,1-3H3,(H,15,17). The van der Waals surface area contributed by atoms with Crippen LogP contribution in [-0.2, 0) is 0 Å². The summed E-state index contributed by atoms with van der Waals surface area (Å²) in [6, 6.07) is 4.40. The summed E-state index contributed by atoms with van der Waals surface area (Å²) in [7, 11) is 3.29. The normalized spacial score (nSPS) is 12.2. The summed E-state index contributed by atoms with van der Waals surface area (Å²) in [5.41, 5.74) is 0.215. The molecule has 0 amide bonds. The van der Waals surface area contributed by atoms with Crippen molar-refractivity contribution in [1.82, 2.24) is 15.5 Å². The van der Waals surface area contributed by atoms with Crippen molar-refractivity contribution in [2.24, 2.45) is 0 Å². The minimum absolute atomic E-state index is 0.0711. The van der Waals surface area contributed by atoms with Gasteiger partial charge < -0.3 is 19.8 Å². The van der Waals surface area contributed by atoms with Crippen molar-refractivity contribution in [3.05, 3.63) is 29.9 Å². The summed E-state index contributed by atoms with van der Waals surface area (Å²) >= 11 is 0. The Labute approximate surface area is 110 Å². The lowest BCUT2D eigenvalue weighted by Crippen LogP contribution is -2.12. The van der Waals surface area contributed by atoms with Crippen LogP contribution in [0.5, 0.6) is 5.75 Å². The molecule has 102 valence electrons. The molecule has 0 aliphatic carbocycles. The van der Waals surface area contributed by atoms with E-state index in [4.69, 9.17) is 9.15 Å². The number of benzene rings is 1. The number of ether oxygens (including phenoxy) is 1. The Morgan fingerprint density at radius 3 is 2.84 bits per heavy atom. The van der Waals surface area contributed by atoms with Crippen LogP contribution in [0.3, 0.4) is 0 Å². The predicted octanol–water partition coefficient (Wildman–Crippen LogP) is 2.24. The van der Waals surface area contributed by atoms with E-state index in [1.54, 1.807) is 7.05 Å². The first-order valence-electron chi connectivity index (χ1n) is 5.75.